The van der Waals surface area contributed by atoms with Gasteiger partial charge < -0.3 is 18.9 Å². The summed E-state index contributed by atoms with van der Waals surface area (Å²) < 4.78 is 21.5. The average molecular weight is 571 g/mol. The van der Waals surface area contributed by atoms with E-state index in [1.807, 2.05) is 27.7 Å². The maximum Gasteiger partial charge on any atom is 0.310 e. The first-order chi connectivity index (χ1) is 19.2. The minimum absolute atomic E-state index is 0.0376. The SMILES string of the molecule is C=CC(C)(CC/C=C(\C)CCCC(C)C(=O)C(C=C(C)C)OC(C)=O)Oc1ccc(OC(C)=O)cc1CC(=O)OC. The number of benzene rings is 1. The van der Waals surface area contributed by atoms with Gasteiger partial charge in [0.1, 0.15) is 17.1 Å². The third-order valence-corrected chi connectivity index (χ3v) is 6.52. The van der Waals surface area contributed by atoms with Gasteiger partial charge in [0.25, 0.3) is 0 Å². The smallest absolute Gasteiger partial charge is 0.310 e. The molecule has 226 valence electrons. The molecular formula is C33H46O8. The zero-order chi connectivity index (χ0) is 31.2. The van der Waals surface area contributed by atoms with Gasteiger partial charge in [0.05, 0.1) is 13.5 Å². The van der Waals surface area contributed by atoms with Crippen LogP contribution in [0, 0.1) is 5.92 Å². The highest BCUT2D eigenvalue weighted by Crippen LogP contribution is 2.31. The van der Waals surface area contributed by atoms with Gasteiger partial charge in [-0.2, -0.15) is 0 Å². The number of carbonyl (C=O) groups excluding carboxylic acids is 4. The molecular weight excluding hydrogens is 524 g/mol. The fourth-order valence-corrected chi connectivity index (χ4v) is 4.17. The van der Waals surface area contributed by atoms with Gasteiger partial charge in [-0.25, -0.2) is 0 Å². The van der Waals surface area contributed by atoms with E-state index in [1.54, 1.807) is 30.4 Å². The van der Waals surface area contributed by atoms with Gasteiger partial charge in [-0.1, -0.05) is 30.7 Å². The second kappa shape index (κ2) is 17.2. The number of hydrogen-bond acceptors (Lipinski definition) is 8. The van der Waals surface area contributed by atoms with E-state index >= 15 is 0 Å². The van der Waals surface area contributed by atoms with Crippen molar-refractivity contribution >= 4 is 23.7 Å². The predicted molar refractivity (Wildman–Crippen MR) is 159 cm³/mol. The third-order valence-electron chi connectivity index (χ3n) is 6.52. The summed E-state index contributed by atoms with van der Waals surface area (Å²) >= 11 is 0. The Hall–Kier alpha value is -3.68. The molecule has 0 heterocycles. The molecule has 0 N–H and O–H groups in total. The summed E-state index contributed by atoms with van der Waals surface area (Å²) in [5, 5.41) is 0. The van der Waals surface area contributed by atoms with Crippen molar-refractivity contribution in [3.05, 3.63) is 59.7 Å². The number of rotatable bonds is 17. The van der Waals surface area contributed by atoms with Gasteiger partial charge in [0.2, 0.25) is 0 Å². The molecule has 1 rings (SSSR count). The maximum atomic E-state index is 12.8. The molecule has 0 aliphatic heterocycles. The number of carbonyl (C=O) groups is 4. The highest BCUT2D eigenvalue weighted by Gasteiger charge is 2.25. The molecule has 8 nitrogen and oxygen atoms in total. The van der Waals surface area contributed by atoms with Gasteiger partial charge in [-0.3, -0.25) is 19.2 Å². The maximum absolute atomic E-state index is 12.8. The van der Waals surface area contributed by atoms with Gasteiger partial charge in [-0.15, -0.1) is 0 Å². The van der Waals surface area contributed by atoms with Crippen LogP contribution < -0.4 is 9.47 Å². The molecule has 3 atom stereocenters. The van der Waals surface area contributed by atoms with Crippen molar-refractivity contribution in [2.45, 2.75) is 98.7 Å². The van der Waals surface area contributed by atoms with Crippen LogP contribution in [0.25, 0.3) is 0 Å². The molecule has 0 radical (unpaired) electrons. The molecule has 0 amide bonds. The second-order valence-corrected chi connectivity index (χ2v) is 10.8. The lowest BCUT2D eigenvalue weighted by molar-refractivity contribution is -0.151. The first kappa shape index (κ1) is 35.3. The minimum Gasteiger partial charge on any atom is -0.483 e. The van der Waals surface area contributed by atoms with Crippen LogP contribution in [0.2, 0.25) is 0 Å². The zero-order valence-corrected chi connectivity index (χ0v) is 25.8. The van der Waals surface area contributed by atoms with Crippen LogP contribution in [0.15, 0.2) is 54.2 Å². The van der Waals surface area contributed by atoms with Crippen molar-refractivity contribution in [3.8, 4) is 11.5 Å². The van der Waals surface area contributed by atoms with E-state index in [4.69, 9.17) is 18.9 Å². The van der Waals surface area contributed by atoms with Crippen LogP contribution in [0.3, 0.4) is 0 Å². The molecule has 1 aromatic carbocycles. The number of esters is 3. The molecule has 0 spiro atoms. The van der Waals surface area contributed by atoms with E-state index in [0.717, 1.165) is 24.8 Å². The topological polar surface area (TPSA) is 105 Å². The lowest BCUT2D eigenvalue weighted by atomic mass is 9.93. The normalized spacial score (nSPS) is 14.1. The highest BCUT2D eigenvalue weighted by atomic mass is 16.5. The Morgan fingerprint density at radius 3 is 2.29 bits per heavy atom. The molecule has 41 heavy (non-hydrogen) atoms. The van der Waals surface area contributed by atoms with Crippen molar-refractivity contribution in [3.63, 3.8) is 0 Å². The Balaban J connectivity index is 2.79. The van der Waals surface area contributed by atoms with E-state index in [2.05, 4.69) is 19.6 Å². The molecule has 0 aromatic heterocycles. The Kier molecular flexibility index (Phi) is 14.8. The van der Waals surface area contributed by atoms with E-state index in [1.165, 1.54) is 26.5 Å². The number of Topliss-reactive ketones (excluding diaryl/α,β-unsaturated/α-hetero) is 1. The molecule has 0 fully saturated rings. The molecule has 3 unspecified atom stereocenters. The quantitative estimate of drug-likeness (QED) is 0.116. The molecule has 0 aliphatic carbocycles. The van der Waals surface area contributed by atoms with E-state index in [0.29, 0.717) is 29.9 Å². The van der Waals surface area contributed by atoms with Crippen molar-refractivity contribution < 1.29 is 38.1 Å². The number of ketones is 1. The van der Waals surface area contributed by atoms with E-state index in [9.17, 15) is 19.2 Å². The fourth-order valence-electron chi connectivity index (χ4n) is 4.17. The van der Waals surface area contributed by atoms with Gasteiger partial charge in [0, 0.05) is 25.3 Å². The molecule has 0 bridgehead atoms. The summed E-state index contributed by atoms with van der Waals surface area (Å²) in [6.07, 6.45) is 8.43. The van der Waals surface area contributed by atoms with E-state index in [-0.39, 0.29) is 18.1 Å². The van der Waals surface area contributed by atoms with Crippen molar-refractivity contribution in [2.75, 3.05) is 7.11 Å². The van der Waals surface area contributed by atoms with Crippen LogP contribution in [-0.4, -0.2) is 42.5 Å². The highest BCUT2D eigenvalue weighted by molar-refractivity contribution is 5.88. The third kappa shape index (κ3) is 13.5. The molecule has 1 aromatic rings. The van der Waals surface area contributed by atoms with Crippen LogP contribution in [-0.2, 0) is 35.1 Å². The molecule has 0 saturated heterocycles. The standard InChI is InChI=1S/C33H46O8/c1-10-33(8,41-29-17-16-28(39-25(6)34)20-27(29)21-31(36)38-9)18-12-14-23(4)13-11-15-24(5)32(37)30(19-22(2)3)40-26(7)35/h10,14,16-17,19-20,24,30H,1,11-13,15,18,21H2,2-9H3/b23-14+. The van der Waals surface area contributed by atoms with Crippen LogP contribution >= 0.6 is 0 Å². The monoisotopic (exact) mass is 570 g/mol. The first-order valence-electron chi connectivity index (χ1n) is 13.9. The average Bonchev–Trinajstić information content (AvgIpc) is 2.88. The summed E-state index contributed by atoms with van der Waals surface area (Å²) in [7, 11) is 1.31. The second-order valence-electron chi connectivity index (χ2n) is 10.8. The summed E-state index contributed by atoms with van der Waals surface area (Å²) in [5.74, 6) is -0.895. The fraction of sp³-hybridized carbons (Fsp3) is 0.515. The number of hydrogen-bond donors (Lipinski definition) is 0. The van der Waals surface area contributed by atoms with Gasteiger partial charge in [0.15, 0.2) is 11.9 Å². The summed E-state index contributed by atoms with van der Waals surface area (Å²) in [6.45, 7) is 16.2. The summed E-state index contributed by atoms with van der Waals surface area (Å²) in [6, 6.07) is 4.89. The Morgan fingerprint density at radius 1 is 1.05 bits per heavy atom. The summed E-state index contributed by atoms with van der Waals surface area (Å²) in [4.78, 5) is 47.6. The van der Waals surface area contributed by atoms with Crippen molar-refractivity contribution in [2.24, 2.45) is 5.92 Å². The van der Waals surface area contributed by atoms with Crippen molar-refractivity contribution in [1.82, 2.24) is 0 Å². The van der Waals surface area contributed by atoms with Crippen LogP contribution in [0.1, 0.15) is 86.1 Å². The Morgan fingerprint density at radius 2 is 1.73 bits per heavy atom. The Bertz CT molecular complexity index is 1140. The number of ether oxygens (including phenoxy) is 4. The van der Waals surface area contributed by atoms with Gasteiger partial charge in [-0.05, 0) is 90.2 Å². The first-order valence-corrected chi connectivity index (χ1v) is 13.9. The summed E-state index contributed by atoms with van der Waals surface area (Å²) in [5.41, 5.74) is 1.95. The van der Waals surface area contributed by atoms with Crippen LogP contribution in [0.4, 0.5) is 0 Å². The predicted octanol–water partition coefficient (Wildman–Crippen LogP) is 6.65. The molecule has 0 aliphatic rings. The van der Waals surface area contributed by atoms with Gasteiger partial charge >= 0.3 is 17.9 Å². The molecule has 8 heteroatoms. The largest absolute Gasteiger partial charge is 0.483 e. The van der Waals surface area contributed by atoms with Crippen molar-refractivity contribution in [1.29, 1.82) is 0 Å². The lowest BCUT2D eigenvalue weighted by Crippen LogP contribution is -2.30. The Labute approximate surface area is 244 Å². The minimum atomic E-state index is -0.841. The van der Waals surface area contributed by atoms with Crippen LogP contribution in [0.5, 0.6) is 11.5 Å². The number of allylic oxidation sites excluding steroid dienone is 3. The molecule has 0 saturated carbocycles. The zero-order valence-electron chi connectivity index (χ0n) is 25.8. The van der Waals surface area contributed by atoms with E-state index < -0.39 is 29.6 Å². The number of methoxy groups -OCH3 is 1. The lowest BCUT2D eigenvalue weighted by Gasteiger charge is -2.28.